The molecule has 0 aliphatic rings. The number of nitro benzene ring substituents is 1. The lowest BCUT2D eigenvalue weighted by Crippen LogP contribution is -2.23. The van der Waals surface area contributed by atoms with E-state index in [-0.39, 0.29) is 12.1 Å². The van der Waals surface area contributed by atoms with E-state index in [1.54, 1.807) is 12.3 Å². The van der Waals surface area contributed by atoms with Crippen LogP contribution in [0.5, 0.6) is 0 Å². The van der Waals surface area contributed by atoms with Gasteiger partial charge in [-0.2, -0.15) is 0 Å². The molecule has 7 heteroatoms. The molecular formula is C13H12FN3O3. The van der Waals surface area contributed by atoms with Gasteiger partial charge in [-0.25, -0.2) is 4.39 Å². The molecule has 2 rings (SSSR count). The van der Waals surface area contributed by atoms with Gasteiger partial charge in [0.25, 0.3) is 11.6 Å². The maximum Gasteiger partial charge on any atom is 0.282 e. The zero-order valence-corrected chi connectivity index (χ0v) is 10.7. The van der Waals surface area contributed by atoms with E-state index in [1.807, 2.05) is 17.8 Å². The average molecular weight is 277 g/mol. The molecule has 20 heavy (non-hydrogen) atoms. The number of nitrogens with zero attached hydrogens (tertiary/aromatic N) is 2. The lowest BCUT2D eigenvalue weighted by molar-refractivity contribution is -0.385. The lowest BCUT2D eigenvalue weighted by Gasteiger charge is -2.05. The molecule has 0 aliphatic carbocycles. The summed E-state index contributed by atoms with van der Waals surface area (Å²) >= 11 is 0. The number of rotatable bonds is 4. The van der Waals surface area contributed by atoms with Crippen molar-refractivity contribution in [2.75, 3.05) is 0 Å². The number of nitro groups is 1. The Kier molecular flexibility index (Phi) is 3.79. The van der Waals surface area contributed by atoms with E-state index in [0.29, 0.717) is 0 Å². The van der Waals surface area contributed by atoms with Crippen LogP contribution >= 0.6 is 0 Å². The van der Waals surface area contributed by atoms with Crippen LogP contribution in [0.25, 0.3) is 0 Å². The van der Waals surface area contributed by atoms with Gasteiger partial charge in [-0.15, -0.1) is 0 Å². The monoisotopic (exact) mass is 277 g/mol. The van der Waals surface area contributed by atoms with Crippen LogP contribution in [0, 0.1) is 15.9 Å². The van der Waals surface area contributed by atoms with Crippen LogP contribution in [-0.4, -0.2) is 15.4 Å². The molecule has 0 saturated carbocycles. The molecule has 0 fully saturated rings. The van der Waals surface area contributed by atoms with Crippen molar-refractivity contribution in [3.05, 3.63) is 63.7 Å². The van der Waals surface area contributed by atoms with Crippen LogP contribution in [-0.2, 0) is 13.6 Å². The third kappa shape index (κ3) is 3.00. The summed E-state index contributed by atoms with van der Waals surface area (Å²) in [6, 6.07) is 4.59. The number of hydrogen-bond donors (Lipinski definition) is 1. The van der Waals surface area contributed by atoms with E-state index in [2.05, 4.69) is 5.32 Å². The highest BCUT2D eigenvalue weighted by atomic mass is 19.1. The zero-order chi connectivity index (χ0) is 14.7. The molecular weight excluding hydrogens is 265 g/mol. The average Bonchev–Trinajstić information content (AvgIpc) is 2.81. The Morgan fingerprint density at radius 1 is 1.45 bits per heavy atom. The predicted molar refractivity (Wildman–Crippen MR) is 69.6 cm³/mol. The Bertz CT molecular complexity index is 667. The number of carbonyl (C=O) groups excluding carboxylic acids is 1. The van der Waals surface area contributed by atoms with Crippen LogP contribution in [0.1, 0.15) is 15.9 Å². The standard InChI is InChI=1S/C13H12FN3O3/c1-16-5-4-9(8-16)7-15-13(18)11-6-10(14)2-3-12(11)17(19)20/h2-6,8H,7H2,1H3,(H,15,18). The van der Waals surface area contributed by atoms with Gasteiger partial charge in [0.2, 0.25) is 0 Å². The van der Waals surface area contributed by atoms with Gasteiger partial charge in [-0.05, 0) is 23.8 Å². The van der Waals surface area contributed by atoms with Crippen LogP contribution in [0.3, 0.4) is 0 Å². The molecule has 1 heterocycles. The number of carbonyl (C=O) groups is 1. The van der Waals surface area contributed by atoms with Crippen LogP contribution in [0.2, 0.25) is 0 Å². The largest absolute Gasteiger partial charge is 0.357 e. The minimum atomic E-state index is -0.711. The van der Waals surface area contributed by atoms with Crippen molar-refractivity contribution >= 4 is 11.6 Å². The first-order chi connectivity index (χ1) is 9.47. The van der Waals surface area contributed by atoms with Crippen molar-refractivity contribution in [1.29, 1.82) is 0 Å². The topological polar surface area (TPSA) is 77.2 Å². The fourth-order valence-corrected chi connectivity index (χ4v) is 1.79. The number of aromatic nitrogens is 1. The summed E-state index contributed by atoms with van der Waals surface area (Å²) in [5, 5.41) is 13.3. The molecule has 0 aliphatic heterocycles. The first-order valence-electron chi connectivity index (χ1n) is 5.80. The lowest BCUT2D eigenvalue weighted by atomic mass is 10.1. The molecule has 0 saturated heterocycles. The van der Waals surface area contributed by atoms with E-state index in [1.165, 1.54) is 0 Å². The molecule has 6 nitrogen and oxygen atoms in total. The van der Waals surface area contributed by atoms with E-state index >= 15 is 0 Å². The first-order valence-corrected chi connectivity index (χ1v) is 5.80. The number of benzene rings is 1. The van der Waals surface area contributed by atoms with Crippen molar-refractivity contribution in [2.24, 2.45) is 7.05 Å². The normalized spacial score (nSPS) is 10.3. The van der Waals surface area contributed by atoms with Gasteiger partial charge < -0.3 is 9.88 Å². The second-order valence-corrected chi connectivity index (χ2v) is 4.29. The van der Waals surface area contributed by atoms with E-state index in [0.717, 1.165) is 23.8 Å². The van der Waals surface area contributed by atoms with Crippen molar-refractivity contribution in [3.63, 3.8) is 0 Å². The van der Waals surface area contributed by atoms with Gasteiger partial charge in [0.15, 0.2) is 0 Å². The highest BCUT2D eigenvalue weighted by molar-refractivity contribution is 5.98. The number of aryl methyl sites for hydroxylation is 1. The second-order valence-electron chi connectivity index (χ2n) is 4.29. The van der Waals surface area contributed by atoms with Crippen LogP contribution in [0.15, 0.2) is 36.7 Å². The summed E-state index contributed by atoms with van der Waals surface area (Å²) < 4.78 is 14.9. The summed E-state index contributed by atoms with van der Waals surface area (Å²) in [5.41, 5.74) is 0.141. The molecule has 0 bridgehead atoms. The molecule has 0 atom stereocenters. The van der Waals surface area contributed by atoms with Crippen LogP contribution in [0.4, 0.5) is 10.1 Å². The van der Waals surface area contributed by atoms with Gasteiger partial charge in [-0.3, -0.25) is 14.9 Å². The Hall–Kier alpha value is -2.70. The molecule has 0 radical (unpaired) electrons. The predicted octanol–water partition coefficient (Wildman–Crippen LogP) is 2.00. The molecule has 2 aromatic rings. The summed E-state index contributed by atoms with van der Waals surface area (Å²) in [6.45, 7) is 0.216. The SMILES string of the molecule is Cn1ccc(CNC(=O)c2cc(F)ccc2[N+](=O)[O-])c1. The molecule has 0 spiro atoms. The third-order valence-electron chi connectivity index (χ3n) is 2.75. The quantitative estimate of drug-likeness (QED) is 0.686. The maximum atomic E-state index is 13.1. The van der Waals surface area contributed by atoms with Gasteiger partial charge in [-0.1, -0.05) is 0 Å². The summed E-state index contributed by atoms with van der Waals surface area (Å²) in [7, 11) is 1.84. The van der Waals surface area contributed by atoms with Gasteiger partial charge in [0.05, 0.1) is 4.92 Å². The molecule has 104 valence electrons. The third-order valence-corrected chi connectivity index (χ3v) is 2.75. The Labute approximate surface area is 114 Å². The number of amides is 1. The van der Waals surface area contributed by atoms with Crippen LogP contribution < -0.4 is 5.32 Å². The minimum Gasteiger partial charge on any atom is -0.357 e. The molecule has 1 aromatic heterocycles. The van der Waals surface area contributed by atoms with E-state index in [4.69, 9.17) is 0 Å². The van der Waals surface area contributed by atoms with Crippen molar-refractivity contribution in [3.8, 4) is 0 Å². The Morgan fingerprint density at radius 2 is 2.20 bits per heavy atom. The molecule has 1 N–H and O–H groups in total. The minimum absolute atomic E-state index is 0.216. The smallest absolute Gasteiger partial charge is 0.282 e. The summed E-state index contributed by atoms with van der Waals surface area (Å²) in [5.74, 6) is -1.37. The summed E-state index contributed by atoms with van der Waals surface area (Å²) in [6.07, 6.45) is 3.62. The van der Waals surface area contributed by atoms with Gasteiger partial charge in [0.1, 0.15) is 11.4 Å². The molecule has 1 aromatic carbocycles. The fourth-order valence-electron chi connectivity index (χ4n) is 1.79. The van der Waals surface area contributed by atoms with Gasteiger partial charge in [0, 0.05) is 32.1 Å². The van der Waals surface area contributed by atoms with Crippen molar-refractivity contribution < 1.29 is 14.1 Å². The Morgan fingerprint density at radius 3 is 2.80 bits per heavy atom. The van der Waals surface area contributed by atoms with E-state index in [9.17, 15) is 19.3 Å². The zero-order valence-electron chi connectivity index (χ0n) is 10.7. The molecule has 1 amide bonds. The maximum absolute atomic E-state index is 13.1. The fraction of sp³-hybridized carbons (Fsp3) is 0.154. The van der Waals surface area contributed by atoms with Crippen molar-refractivity contribution in [1.82, 2.24) is 9.88 Å². The molecule has 0 unspecified atom stereocenters. The summed E-state index contributed by atoms with van der Waals surface area (Å²) in [4.78, 5) is 22.0. The van der Waals surface area contributed by atoms with Crippen molar-refractivity contribution in [2.45, 2.75) is 6.54 Å². The number of hydrogen-bond acceptors (Lipinski definition) is 3. The first kappa shape index (κ1) is 13.7. The highest BCUT2D eigenvalue weighted by Gasteiger charge is 2.20. The van der Waals surface area contributed by atoms with E-state index < -0.39 is 22.3 Å². The highest BCUT2D eigenvalue weighted by Crippen LogP contribution is 2.19. The Balaban J connectivity index is 2.16. The number of halogens is 1. The van der Waals surface area contributed by atoms with Gasteiger partial charge >= 0.3 is 0 Å². The number of nitrogens with one attached hydrogen (secondary N) is 1. The second kappa shape index (κ2) is 5.52.